The Hall–Kier alpha value is -4.79. The van der Waals surface area contributed by atoms with E-state index in [1.165, 1.54) is 9.80 Å². The molecule has 11 nitrogen and oxygen atoms in total. The summed E-state index contributed by atoms with van der Waals surface area (Å²) in [6.45, 7) is 5.93. The van der Waals surface area contributed by atoms with Crippen LogP contribution >= 0.6 is 0 Å². The van der Waals surface area contributed by atoms with Crippen LogP contribution in [0.4, 0.5) is 10.1 Å². The van der Waals surface area contributed by atoms with E-state index < -0.39 is 52.5 Å². The van der Waals surface area contributed by atoms with Gasteiger partial charge in [-0.25, -0.2) is 4.39 Å². The van der Waals surface area contributed by atoms with Crippen LogP contribution in [0.25, 0.3) is 10.9 Å². The predicted molar refractivity (Wildman–Crippen MR) is 180 cm³/mol. The Morgan fingerprint density at radius 3 is 2.59 bits per heavy atom. The highest BCUT2D eigenvalue weighted by Crippen LogP contribution is 2.47. The monoisotopic (exact) mass is 667 g/mol. The molecule has 2 N–H and O–H groups in total. The minimum absolute atomic E-state index is 0.0171. The van der Waals surface area contributed by atoms with Gasteiger partial charge < -0.3 is 20.4 Å². The van der Waals surface area contributed by atoms with Gasteiger partial charge >= 0.3 is 0 Å². The average molecular weight is 668 g/mol. The second-order valence-electron chi connectivity index (χ2n) is 15.6. The van der Waals surface area contributed by atoms with E-state index in [4.69, 9.17) is 0 Å². The summed E-state index contributed by atoms with van der Waals surface area (Å²) in [7, 11) is 1.56. The molecule has 1 unspecified atom stereocenters. The smallest absolute Gasteiger partial charge is 0.252 e. The molecule has 0 bridgehead atoms. The van der Waals surface area contributed by atoms with E-state index in [1.54, 1.807) is 24.0 Å². The molecule has 7 rings (SSSR count). The third-order valence-corrected chi connectivity index (χ3v) is 10.5. The van der Waals surface area contributed by atoms with E-state index in [2.05, 4.69) is 21.8 Å². The van der Waals surface area contributed by atoms with E-state index in [0.717, 1.165) is 37.3 Å². The number of anilines is 1. The number of nitriles is 1. The van der Waals surface area contributed by atoms with Crippen molar-refractivity contribution in [3.8, 4) is 6.07 Å². The quantitative estimate of drug-likeness (QED) is 0.340. The maximum absolute atomic E-state index is 15.1. The zero-order valence-electron chi connectivity index (χ0n) is 28.3. The number of fused-ring (bicyclic) bond motifs is 3. The van der Waals surface area contributed by atoms with Crippen LogP contribution in [0.5, 0.6) is 0 Å². The maximum Gasteiger partial charge on any atom is 0.252 e. The molecule has 1 saturated heterocycles. The molecule has 4 amide bonds. The second kappa shape index (κ2) is 12.0. The number of aromatic nitrogens is 2. The lowest BCUT2D eigenvalue weighted by molar-refractivity contribution is -0.147. The minimum atomic E-state index is -1.06. The van der Waals surface area contributed by atoms with Crippen molar-refractivity contribution in [3.05, 3.63) is 59.5 Å². The van der Waals surface area contributed by atoms with Gasteiger partial charge in [0.05, 0.1) is 17.5 Å². The minimum Gasteiger partial charge on any atom is -0.340 e. The van der Waals surface area contributed by atoms with Gasteiger partial charge in [-0.3, -0.25) is 23.9 Å². The summed E-state index contributed by atoms with van der Waals surface area (Å²) < 4.78 is 16.8. The van der Waals surface area contributed by atoms with E-state index in [1.807, 2.05) is 45.0 Å². The molecular formula is C37H42FN7O4. The zero-order valence-corrected chi connectivity index (χ0v) is 28.3. The summed E-state index contributed by atoms with van der Waals surface area (Å²) in [5.74, 6) is -2.03. The molecule has 1 aromatic heterocycles. The topological polar surface area (TPSA) is 140 Å². The maximum atomic E-state index is 15.1. The summed E-state index contributed by atoms with van der Waals surface area (Å²) in [4.78, 5) is 58.7. The molecule has 2 saturated carbocycles. The van der Waals surface area contributed by atoms with E-state index in [9.17, 15) is 24.4 Å². The Morgan fingerprint density at radius 2 is 1.92 bits per heavy atom. The van der Waals surface area contributed by atoms with E-state index in [-0.39, 0.29) is 48.3 Å². The molecule has 256 valence electrons. The molecular weight excluding hydrogens is 625 g/mol. The number of rotatable bonds is 9. The number of nitrogens with zero attached hydrogens (tertiary/aromatic N) is 5. The molecule has 2 aromatic carbocycles. The van der Waals surface area contributed by atoms with Crippen molar-refractivity contribution in [1.29, 1.82) is 5.26 Å². The van der Waals surface area contributed by atoms with Crippen molar-refractivity contribution in [2.75, 3.05) is 18.9 Å². The second-order valence-corrected chi connectivity index (χ2v) is 15.6. The Labute approximate surface area is 284 Å². The van der Waals surface area contributed by atoms with Crippen molar-refractivity contribution in [2.45, 2.75) is 95.3 Å². The van der Waals surface area contributed by atoms with Gasteiger partial charge in [-0.05, 0) is 60.8 Å². The van der Waals surface area contributed by atoms with Gasteiger partial charge in [-0.15, -0.1) is 0 Å². The van der Waals surface area contributed by atoms with Crippen LogP contribution in [0, 0.1) is 28.5 Å². The first kappa shape index (κ1) is 32.7. The van der Waals surface area contributed by atoms with Crippen LogP contribution in [0.2, 0.25) is 0 Å². The van der Waals surface area contributed by atoms with E-state index in [0.29, 0.717) is 17.5 Å². The number of carbonyl (C=O) groups excluding carboxylic acids is 4. The van der Waals surface area contributed by atoms with Crippen LogP contribution in [0.3, 0.4) is 0 Å². The third-order valence-electron chi connectivity index (χ3n) is 10.5. The highest BCUT2D eigenvalue weighted by atomic mass is 19.1. The molecule has 0 radical (unpaired) electrons. The van der Waals surface area contributed by atoms with Gasteiger partial charge in [0.1, 0.15) is 23.6 Å². The number of benzene rings is 2. The normalized spacial score (nSPS) is 22.8. The Kier molecular flexibility index (Phi) is 8.00. The predicted octanol–water partition coefficient (Wildman–Crippen LogP) is 4.69. The molecule has 3 heterocycles. The van der Waals surface area contributed by atoms with Crippen molar-refractivity contribution in [1.82, 2.24) is 24.9 Å². The molecule has 4 aliphatic rings. The fraction of sp³-hybridized carbons (Fsp3) is 0.514. The average Bonchev–Trinajstić information content (AvgIpc) is 3.98. The van der Waals surface area contributed by atoms with Crippen LogP contribution in [0.15, 0.2) is 42.6 Å². The number of likely N-dealkylation sites (N-methyl/N-ethyl adjacent to an activating group) is 1. The van der Waals surface area contributed by atoms with Crippen LogP contribution < -0.4 is 10.6 Å². The van der Waals surface area contributed by atoms with Crippen molar-refractivity contribution >= 4 is 40.2 Å². The Balaban J connectivity index is 1.14. The lowest BCUT2D eigenvalue weighted by Gasteiger charge is -2.37. The fourth-order valence-electron chi connectivity index (χ4n) is 7.46. The van der Waals surface area contributed by atoms with Gasteiger partial charge in [-0.2, -0.15) is 10.4 Å². The summed E-state index contributed by atoms with van der Waals surface area (Å²) in [6.07, 6.45) is 6.41. The Morgan fingerprint density at radius 1 is 1.18 bits per heavy atom. The summed E-state index contributed by atoms with van der Waals surface area (Å²) in [5.41, 5.74) is 0.276. The van der Waals surface area contributed by atoms with Gasteiger partial charge in [-0.1, -0.05) is 51.8 Å². The van der Waals surface area contributed by atoms with Gasteiger partial charge in [0.25, 0.3) is 5.91 Å². The van der Waals surface area contributed by atoms with Crippen LogP contribution in [0.1, 0.15) is 87.7 Å². The van der Waals surface area contributed by atoms with Gasteiger partial charge in [0.2, 0.25) is 17.7 Å². The lowest BCUT2D eigenvalue weighted by atomic mass is 9.80. The number of amides is 4. The highest BCUT2D eigenvalue weighted by molar-refractivity contribution is 6.07. The first-order chi connectivity index (χ1) is 23.3. The van der Waals surface area contributed by atoms with Crippen molar-refractivity contribution in [3.63, 3.8) is 0 Å². The first-order valence-electron chi connectivity index (χ1n) is 17.1. The SMILES string of the molecule is CN(C(=O)C(CC1CC1)NC(=O)c1cc(F)c2nn(C3CC3)cc2c1)[C@@H](CC(C)(C)C)C(=O)N1C[C@]2(C[C@H]1C#N)C(=O)Nc1ccccc12. The number of hydrogen-bond acceptors (Lipinski definition) is 6. The molecule has 12 heteroatoms. The Bertz CT molecular complexity index is 1900. The molecule has 1 spiro atoms. The number of carbonyl (C=O) groups is 4. The number of likely N-dealkylation sites (tertiary alicyclic amines) is 1. The molecule has 3 fully saturated rings. The van der Waals surface area contributed by atoms with Crippen LogP contribution in [-0.2, 0) is 19.8 Å². The number of hydrogen-bond donors (Lipinski definition) is 2. The zero-order chi connectivity index (χ0) is 34.8. The molecule has 3 aromatic rings. The third kappa shape index (κ3) is 6.15. The highest BCUT2D eigenvalue weighted by Gasteiger charge is 2.57. The summed E-state index contributed by atoms with van der Waals surface area (Å²) >= 11 is 0. The van der Waals surface area contributed by atoms with Gasteiger partial charge in [0.15, 0.2) is 5.82 Å². The fourth-order valence-corrected chi connectivity index (χ4v) is 7.46. The standard InChI is InChI=1S/C37H42FN7O4/c1-36(2,3)17-30(34(48)44-20-37(16-25(44)18-39)26-7-5-6-8-28(26)41-35(37)49)43(4)33(47)29(13-21-9-10-21)40-32(46)22-14-23-19-45(24-11-12-24)42-31(23)27(38)15-22/h5-8,14-15,19,21,24-25,29-30H,9-13,16-17,20H2,1-4H3,(H,40,46)(H,41,49)/t25-,29?,30-,37-/m0/s1. The largest absolute Gasteiger partial charge is 0.340 e. The summed E-state index contributed by atoms with van der Waals surface area (Å²) in [6, 6.07) is 9.79. The lowest BCUT2D eigenvalue weighted by Crippen LogP contribution is -2.56. The number of nitrogens with one attached hydrogen (secondary N) is 2. The van der Waals surface area contributed by atoms with E-state index >= 15 is 4.39 Å². The molecule has 2 aliphatic heterocycles. The van der Waals surface area contributed by atoms with Gasteiger partial charge in [0, 0.05) is 42.8 Å². The molecule has 49 heavy (non-hydrogen) atoms. The first-order valence-corrected chi connectivity index (χ1v) is 17.1. The van der Waals surface area contributed by atoms with Crippen LogP contribution in [-0.4, -0.2) is 74.9 Å². The molecule has 2 aliphatic carbocycles. The number of halogens is 1. The van der Waals surface area contributed by atoms with Crippen molar-refractivity contribution < 1.29 is 23.6 Å². The van der Waals surface area contributed by atoms with Crippen molar-refractivity contribution in [2.24, 2.45) is 11.3 Å². The summed E-state index contributed by atoms with van der Waals surface area (Å²) in [5, 5.41) is 20.9. The molecule has 4 atom stereocenters. The number of para-hydroxylation sites is 1.